The fourth-order valence-corrected chi connectivity index (χ4v) is 3.02. The molecule has 0 saturated carbocycles. The standard InChI is InChI=1S/C18H15Cl2N3O2/c1-11-18-16(8-12(9-21-18)6-7-17(24)25-2)23(22-11)10-13-14(19)4-3-5-15(13)20/h3-9H,10H2,1-2H3. The van der Waals surface area contributed by atoms with Gasteiger partial charge in [0.25, 0.3) is 0 Å². The molecule has 7 heteroatoms. The molecular formula is C18H15Cl2N3O2. The number of hydrogen-bond donors (Lipinski definition) is 0. The van der Waals surface area contributed by atoms with Crippen LogP contribution < -0.4 is 0 Å². The van der Waals surface area contributed by atoms with Crippen LogP contribution in [0.4, 0.5) is 0 Å². The Morgan fingerprint density at radius 3 is 2.72 bits per heavy atom. The van der Waals surface area contributed by atoms with Gasteiger partial charge < -0.3 is 4.74 Å². The maximum atomic E-state index is 11.3. The summed E-state index contributed by atoms with van der Waals surface area (Å²) < 4.78 is 6.41. The number of carbonyl (C=O) groups is 1. The largest absolute Gasteiger partial charge is 0.466 e. The molecule has 0 N–H and O–H groups in total. The van der Waals surface area contributed by atoms with E-state index in [2.05, 4.69) is 14.8 Å². The van der Waals surface area contributed by atoms with Crippen LogP contribution in [0.3, 0.4) is 0 Å². The smallest absolute Gasteiger partial charge is 0.330 e. The first-order valence-electron chi connectivity index (χ1n) is 7.51. The highest BCUT2D eigenvalue weighted by Gasteiger charge is 2.13. The number of rotatable bonds is 4. The van der Waals surface area contributed by atoms with E-state index in [1.807, 2.05) is 13.0 Å². The number of aryl methyl sites for hydroxylation is 1. The van der Waals surface area contributed by atoms with Gasteiger partial charge in [0, 0.05) is 27.9 Å². The summed E-state index contributed by atoms with van der Waals surface area (Å²) in [6.07, 6.45) is 4.68. The topological polar surface area (TPSA) is 57.0 Å². The minimum Gasteiger partial charge on any atom is -0.466 e. The van der Waals surface area contributed by atoms with Gasteiger partial charge >= 0.3 is 5.97 Å². The first-order valence-corrected chi connectivity index (χ1v) is 8.27. The van der Waals surface area contributed by atoms with Gasteiger partial charge in [0.1, 0.15) is 5.52 Å². The minimum absolute atomic E-state index is 0.423. The van der Waals surface area contributed by atoms with Gasteiger partial charge in [-0.25, -0.2) is 4.79 Å². The van der Waals surface area contributed by atoms with Gasteiger partial charge in [-0.3, -0.25) is 9.67 Å². The zero-order chi connectivity index (χ0) is 18.0. The second-order valence-corrected chi connectivity index (χ2v) is 6.25. The predicted octanol–water partition coefficient (Wildman–Crippen LogP) is 4.28. The Labute approximate surface area is 154 Å². The van der Waals surface area contributed by atoms with E-state index in [4.69, 9.17) is 23.2 Å². The summed E-state index contributed by atoms with van der Waals surface area (Å²) in [6, 6.07) is 7.30. The zero-order valence-corrected chi connectivity index (χ0v) is 15.2. The lowest BCUT2D eigenvalue weighted by molar-refractivity contribution is -0.134. The quantitative estimate of drug-likeness (QED) is 0.504. The molecule has 0 aliphatic heterocycles. The zero-order valence-electron chi connectivity index (χ0n) is 13.7. The number of fused-ring (bicyclic) bond motifs is 1. The van der Waals surface area contributed by atoms with Crippen molar-refractivity contribution in [2.45, 2.75) is 13.5 Å². The summed E-state index contributed by atoms with van der Waals surface area (Å²) in [5, 5.41) is 5.71. The molecule has 2 heterocycles. The van der Waals surface area contributed by atoms with Crippen LogP contribution in [0, 0.1) is 6.92 Å². The van der Waals surface area contributed by atoms with E-state index in [9.17, 15) is 4.79 Å². The molecule has 2 aromatic heterocycles. The van der Waals surface area contributed by atoms with Crippen LogP contribution >= 0.6 is 23.2 Å². The summed E-state index contributed by atoms with van der Waals surface area (Å²) >= 11 is 12.5. The third kappa shape index (κ3) is 3.67. The van der Waals surface area contributed by atoms with Crippen LogP contribution in [0.2, 0.25) is 10.0 Å². The van der Waals surface area contributed by atoms with Gasteiger partial charge in [0.15, 0.2) is 0 Å². The van der Waals surface area contributed by atoms with Crippen molar-refractivity contribution < 1.29 is 9.53 Å². The molecular weight excluding hydrogens is 361 g/mol. The predicted molar refractivity (Wildman–Crippen MR) is 98.9 cm³/mol. The number of nitrogens with zero attached hydrogens (tertiary/aromatic N) is 3. The molecule has 0 bridgehead atoms. The summed E-state index contributed by atoms with van der Waals surface area (Å²) in [6.45, 7) is 2.32. The van der Waals surface area contributed by atoms with Crippen LogP contribution in [-0.4, -0.2) is 27.8 Å². The maximum Gasteiger partial charge on any atom is 0.330 e. The summed E-state index contributed by atoms with van der Waals surface area (Å²) in [7, 11) is 1.33. The molecule has 0 aliphatic carbocycles. The average Bonchev–Trinajstić information content (AvgIpc) is 2.91. The molecule has 1 aromatic carbocycles. The van der Waals surface area contributed by atoms with Crippen molar-refractivity contribution in [2.75, 3.05) is 7.11 Å². The molecule has 0 amide bonds. The Morgan fingerprint density at radius 2 is 2.04 bits per heavy atom. The monoisotopic (exact) mass is 375 g/mol. The Bertz CT molecular complexity index is 960. The van der Waals surface area contributed by atoms with Crippen molar-refractivity contribution in [3.8, 4) is 0 Å². The number of esters is 1. The van der Waals surface area contributed by atoms with E-state index in [1.54, 1.807) is 35.2 Å². The second kappa shape index (κ2) is 7.25. The van der Waals surface area contributed by atoms with Crippen LogP contribution in [0.5, 0.6) is 0 Å². The van der Waals surface area contributed by atoms with Gasteiger partial charge in [-0.1, -0.05) is 29.3 Å². The van der Waals surface area contributed by atoms with Gasteiger partial charge in [-0.15, -0.1) is 0 Å². The fourth-order valence-electron chi connectivity index (χ4n) is 2.50. The Morgan fingerprint density at radius 1 is 1.32 bits per heavy atom. The van der Waals surface area contributed by atoms with Crippen molar-refractivity contribution in [1.82, 2.24) is 14.8 Å². The summed E-state index contributed by atoms with van der Waals surface area (Å²) in [5.74, 6) is -0.423. The molecule has 0 saturated heterocycles. The second-order valence-electron chi connectivity index (χ2n) is 5.44. The third-order valence-corrected chi connectivity index (χ3v) is 4.47. The van der Waals surface area contributed by atoms with Gasteiger partial charge in [0.05, 0.1) is 24.9 Å². The van der Waals surface area contributed by atoms with E-state index >= 15 is 0 Å². The van der Waals surface area contributed by atoms with Crippen molar-refractivity contribution in [3.05, 3.63) is 63.4 Å². The number of benzene rings is 1. The third-order valence-electron chi connectivity index (χ3n) is 3.76. The lowest BCUT2D eigenvalue weighted by Gasteiger charge is -2.08. The molecule has 5 nitrogen and oxygen atoms in total. The highest BCUT2D eigenvalue weighted by Crippen LogP contribution is 2.27. The maximum absolute atomic E-state index is 11.3. The lowest BCUT2D eigenvalue weighted by Crippen LogP contribution is -2.03. The molecule has 0 radical (unpaired) electrons. The Balaban J connectivity index is 2.03. The van der Waals surface area contributed by atoms with Crippen LogP contribution in [-0.2, 0) is 16.1 Å². The Hall–Kier alpha value is -2.37. The number of carbonyl (C=O) groups excluding carboxylic acids is 1. The van der Waals surface area contributed by atoms with Gasteiger partial charge in [-0.2, -0.15) is 5.10 Å². The molecule has 0 unspecified atom stereocenters. The van der Waals surface area contributed by atoms with Crippen molar-refractivity contribution >= 4 is 46.3 Å². The van der Waals surface area contributed by atoms with Crippen molar-refractivity contribution in [2.24, 2.45) is 0 Å². The molecule has 128 valence electrons. The average molecular weight is 376 g/mol. The highest BCUT2D eigenvalue weighted by atomic mass is 35.5. The van der Waals surface area contributed by atoms with Gasteiger partial charge in [-0.05, 0) is 36.8 Å². The molecule has 0 fully saturated rings. The van der Waals surface area contributed by atoms with E-state index in [-0.39, 0.29) is 0 Å². The number of methoxy groups -OCH3 is 1. The molecule has 3 aromatic rings. The van der Waals surface area contributed by atoms with Crippen LogP contribution in [0.15, 0.2) is 36.5 Å². The molecule has 0 spiro atoms. The summed E-state index contributed by atoms with van der Waals surface area (Å²) in [4.78, 5) is 15.7. The van der Waals surface area contributed by atoms with E-state index in [0.29, 0.717) is 16.6 Å². The number of aromatic nitrogens is 3. The normalized spacial score (nSPS) is 11.4. The highest BCUT2D eigenvalue weighted by molar-refractivity contribution is 6.36. The number of ether oxygens (including phenoxy) is 1. The van der Waals surface area contributed by atoms with Gasteiger partial charge in [0.2, 0.25) is 0 Å². The molecule has 3 rings (SSSR count). The van der Waals surface area contributed by atoms with E-state index in [0.717, 1.165) is 27.9 Å². The molecule has 25 heavy (non-hydrogen) atoms. The minimum atomic E-state index is -0.423. The van der Waals surface area contributed by atoms with E-state index < -0.39 is 5.97 Å². The molecule has 0 aliphatic rings. The first kappa shape index (κ1) is 17.5. The van der Waals surface area contributed by atoms with E-state index in [1.165, 1.54) is 13.2 Å². The number of halogens is 2. The number of pyridine rings is 1. The SMILES string of the molecule is COC(=O)C=Cc1cnc2c(C)nn(Cc3c(Cl)cccc3Cl)c2c1. The van der Waals surface area contributed by atoms with Crippen LogP contribution in [0.1, 0.15) is 16.8 Å². The van der Waals surface area contributed by atoms with Crippen LogP contribution in [0.25, 0.3) is 17.1 Å². The first-order chi connectivity index (χ1) is 12.0. The lowest BCUT2D eigenvalue weighted by atomic mass is 10.2. The number of hydrogen-bond acceptors (Lipinski definition) is 4. The molecule has 0 atom stereocenters. The van der Waals surface area contributed by atoms with Crippen molar-refractivity contribution in [3.63, 3.8) is 0 Å². The fraction of sp³-hybridized carbons (Fsp3) is 0.167. The summed E-state index contributed by atoms with van der Waals surface area (Å²) in [5.41, 5.74) is 4.00. The van der Waals surface area contributed by atoms with Crippen molar-refractivity contribution in [1.29, 1.82) is 0 Å². The Kier molecular flexibility index (Phi) is 5.06.